The van der Waals surface area contributed by atoms with Gasteiger partial charge in [0.15, 0.2) is 9.84 Å². The van der Waals surface area contributed by atoms with Crippen molar-refractivity contribution >= 4 is 21.4 Å². The third kappa shape index (κ3) is 2.34. The molecule has 0 saturated heterocycles. The molecule has 0 amide bonds. The fourth-order valence-corrected chi connectivity index (χ4v) is 4.48. The first-order valence-corrected chi connectivity index (χ1v) is 7.68. The zero-order valence-electron chi connectivity index (χ0n) is 9.51. The Balaban J connectivity index is 2.29. The van der Waals surface area contributed by atoms with Gasteiger partial charge in [0, 0.05) is 29.2 Å². The second-order valence-corrected chi connectivity index (χ2v) is 7.23. The van der Waals surface area contributed by atoms with Crippen molar-refractivity contribution in [1.82, 2.24) is 0 Å². The molecule has 1 N–H and O–H groups in total. The van der Waals surface area contributed by atoms with E-state index in [-0.39, 0.29) is 24.2 Å². The van der Waals surface area contributed by atoms with Crippen molar-refractivity contribution in [3.8, 4) is 0 Å². The fraction of sp³-hybridized carbons (Fsp3) is 0.500. The Labute approximate surface area is 106 Å². The molecule has 0 aliphatic heterocycles. The molecule has 0 spiro atoms. The number of benzene rings is 1. The molecular formula is C12H15ClO3S. The number of rotatable bonds is 4. The second-order valence-electron chi connectivity index (χ2n) is 4.34. The monoisotopic (exact) mass is 274 g/mol. The van der Waals surface area contributed by atoms with Crippen LogP contribution in [0.3, 0.4) is 0 Å². The molecule has 1 aromatic rings. The molecule has 94 valence electrons. The van der Waals surface area contributed by atoms with Crippen LogP contribution in [0.2, 0.25) is 5.02 Å². The highest BCUT2D eigenvalue weighted by atomic mass is 35.5. The second kappa shape index (κ2) is 4.59. The van der Waals surface area contributed by atoms with Gasteiger partial charge in [-0.05, 0) is 17.7 Å². The summed E-state index contributed by atoms with van der Waals surface area (Å²) in [6, 6.07) is 7.20. The maximum Gasteiger partial charge on any atom is 0.153 e. The normalized spacial score (nSPS) is 28.1. The first-order valence-electron chi connectivity index (χ1n) is 5.59. The lowest BCUT2D eigenvalue weighted by atomic mass is 10.1. The van der Waals surface area contributed by atoms with Gasteiger partial charge in [0.05, 0.1) is 5.25 Å². The Kier molecular flexibility index (Phi) is 3.48. The summed E-state index contributed by atoms with van der Waals surface area (Å²) in [5, 5.41) is 9.39. The number of aliphatic hydroxyl groups excluding tert-OH is 1. The third-order valence-electron chi connectivity index (χ3n) is 3.36. The minimum atomic E-state index is -3.10. The van der Waals surface area contributed by atoms with E-state index in [4.69, 9.17) is 11.6 Å². The van der Waals surface area contributed by atoms with Crippen LogP contribution in [0.15, 0.2) is 24.3 Å². The largest absolute Gasteiger partial charge is 0.396 e. The lowest BCUT2D eigenvalue weighted by Crippen LogP contribution is -2.13. The summed E-state index contributed by atoms with van der Waals surface area (Å²) >= 11 is 5.89. The Morgan fingerprint density at radius 2 is 2.12 bits per heavy atom. The van der Waals surface area contributed by atoms with Crippen molar-refractivity contribution in [3.63, 3.8) is 0 Å². The summed E-state index contributed by atoms with van der Waals surface area (Å²) in [4.78, 5) is 0. The molecule has 3 atom stereocenters. The van der Waals surface area contributed by atoms with E-state index in [1.165, 1.54) is 0 Å². The number of halogens is 1. The van der Waals surface area contributed by atoms with Crippen molar-refractivity contribution < 1.29 is 13.5 Å². The molecule has 0 bridgehead atoms. The van der Waals surface area contributed by atoms with E-state index in [9.17, 15) is 13.5 Å². The molecule has 1 aliphatic rings. The van der Waals surface area contributed by atoms with Crippen molar-refractivity contribution in [2.45, 2.75) is 18.1 Å². The summed E-state index contributed by atoms with van der Waals surface area (Å²) in [5.41, 5.74) is 0.901. The van der Waals surface area contributed by atoms with Crippen LogP contribution in [0.5, 0.6) is 0 Å². The Bertz CT molecular complexity index is 512. The van der Waals surface area contributed by atoms with Gasteiger partial charge in [-0.25, -0.2) is 8.42 Å². The number of sulfone groups is 1. The summed E-state index contributed by atoms with van der Waals surface area (Å²) < 4.78 is 23.7. The molecule has 1 aromatic carbocycles. The smallest absolute Gasteiger partial charge is 0.153 e. The molecule has 0 aromatic heterocycles. The quantitative estimate of drug-likeness (QED) is 0.912. The molecule has 3 nitrogen and oxygen atoms in total. The number of aliphatic hydroxyl groups is 1. The van der Waals surface area contributed by atoms with Crippen LogP contribution in [-0.2, 0) is 9.84 Å². The Morgan fingerprint density at radius 3 is 2.65 bits per heavy atom. The van der Waals surface area contributed by atoms with E-state index in [1.807, 2.05) is 6.07 Å². The molecule has 0 radical (unpaired) electrons. The van der Waals surface area contributed by atoms with Crippen LogP contribution in [0, 0.1) is 5.92 Å². The highest BCUT2D eigenvalue weighted by molar-refractivity contribution is 7.92. The molecule has 1 aliphatic carbocycles. The van der Waals surface area contributed by atoms with Gasteiger partial charge in [-0.3, -0.25) is 0 Å². The highest BCUT2D eigenvalue weighted by Crippen LogP contribution is 2.52. The Hall–Kier alpha value is -0.580. The van der Waals surface area contributed by atoms with Crippen molar-refractivity contribution in [1.29, 1.82) is 0 Å². The van der Waals surface area contributed by atoms with Crippen LogP contribution in [0.4, 0.5) is 0 Å². The molecule has 2 rings (SSSR count). The molecule has 1 fully saturated rings. The van der Waals surface area contributed by atoms with Crippen LogP contribution in [0.25, 0.3) is 0 Å². The molecule has 17 heavy (non-hydrogen) atoms. The number of hydrogen-bond donors (Lipinski definition) is 1. The van der Waals surface area contributed by atoms with Crippen LogP contribution < -0.4 is 0 Å². The van der Waals surface area contributed by atoms with Gasteiger partial charge >= 0.3 is 0 Å². The molecule has 0 unspecified atom stereocenters. The maximum absolute atomic E-state index is 11.9. The van der Waals surface area contributed by atoms with Gasteiger partial charge in [-0.2, -0.15) is 0 Å². The summed E-state index contributed by atoms with van der Waals surface area (Å²) in [5.74, 6) is -0.173. The average molecular weight is 275 g/mol. The van der Waals surface area contributed by atoms with Gasteiger partial charge in [0.2, 0.25) is 0 Å². The van der Waals surface area contributed by atoms with Gasteiger partial charge < -0.3 is 5.11 Å². The van der Waals surface area contributed by atoms with E-state index in [1.54, 1.807) is 25.1 Å². The van der Waals surface area contributed by atoms with Crippen LogP contribution >= 0.6 is 11.6 Å². The first-order chi connectivity index (χ1) is 8.01. The van der Waals surface area contributed by atoms with Gasteiger partial charge in [-0.1, -0.05) is 30.7 Å². The predicted molar refractivity (Wildman–Crippen MR) is 68.0 cm³/mol. The van der Waals surface area contributed by atoms with E-state index >= 15 is 0 Å². The number of hydrogen-bond acceptors (Lipinski definition) is 3. The maximum atomic E-state index is 11.9. The summed E-state index contributed by atoms with van der Waals surface area (Å²) in [6.45, 7) is 1.54. The molecule has 0 heterocycles. The molecule has 5 heteroatoms. The zero-order valence-corrected chi connectivity index (χ0v) is 11.1. The van der Waals surface area contributed by atoms with Gasteiger partial charge in [0.25, 0.3) is 0 Å². The minimum Gasteiger partial charge on any atom is -0.396 e. The predicted octanol–water partition coefficient (Wildman–Crippen LogP) is 1.85. The zero-order chi connectivity index (χ0) is 12.6. The highest BCUT2D eigenvalue weighted by Gasteiger charge is 2.57. The topological polar surface area (TPSA) is 54.4 Å². The Morgan fingerprint density at radius 1 is 1.41 bits per heavy atom. The van der Waals surface area contributed by atoms with Crippen molar-refractivity contribution in [2.75, 3.05) is 12.4 Å². The van der Waals surface area contributed by atoms with E-state index in [2.05, 4.69) is 0 Å². The lowest BCUT2D eigenvalue weighted by Gasteiger charge is -2.01. The van der Waals surface area contributed by atoms with E-state index in [0.29, 0.717) is 5.02 Å². The minimum absolute atomic E-state index is 0.0962. The summed E-state index contributed by atoms with van der Waals surface area (Å²) in [6.07, 6.45) is 0. The van der Waals surface area contributed by atoms with Crippen molar-refractivity contribution in [3.05, 3.63) is 34.9 Å². The third-order valence-corrected chi connectivity index (χ3v) is 5.87. The van der Waals surface area contributed by atoms with Gasteiger partial charge in [0.1, 0.15) is 0 Å². The molecular weight excluding hydrogens is 260 g/mol. The van der Waals surface area contributed by atoms with Crippen molar-refractivity contribution in [2.24, 2.45) is 5.92 Å². The lowest BCUT2D eigenvalue weighted by molar-refractivity contribution is 0.274. The molecule has 1 saturated carbocycles. The van der Waals surface area contributed by atoms with E-state index in [0.717, 1.165) is 5.56 Å². The van der Waals surface area contributed by atoms with Crippen LogP contribution in [0.1, 0.15) is 18.4 Å². The SMILES string of the molecule is CCS(=O)(=O)[C@H]1[C@H](CO)[C@@H]1c1cccc(Cl)c1. The fourth-order valence-electron chi connectivity index (χ4n) is 2.39. The van der Waals surface area contributed by atoms with E-state index < -0.39 is 15.1 Å². The average Bonchev–Trinajstić information content (AvgIpc) is 3.04. The summed E-state index contributed by atoms with van der Waals surface area (Å²) in [7, 11) is -3.10. The first kappa shape index (κ1) is 12.9. The standard InChI is InChI=1S/C12H15ClO3S/c1-2-17(15,16)12-10(7-14)11(12)8-4-3-5-9(13)6-8/h3-6,10-12,14H,2,7H2,1H3/t10-,11+,12+/m1/s1. The van der Waals surface area contributed by atoms with Crippen LogP contribution in [-0.4, -0.2) is 31.1 Å². The van der Waals surface area contributed by atoms with Gasteiger partial charge in [-0.15, -0.1) is 0 Å².